The predicted octanol–water partition coefficient (Wildman–Crippen LogP) is 2.83. The summed E-state index contributed by atoms with van der Waals surface area (Å²) in [6.45, 7) is 1.81. The second-order valence-electron chi connectivity index (χ2n) is 6.68. The van der Waals surface area contributed by atoms with E-state index in [1.54, 1.807) is 54.5 Å². The van der Waals surface area contributed by atoms with Crippen LogP contribution in [-0.4, -0.2) is 44.5 Å². The van der Waals surface area contributed by atoms with Crippen molar-refractivity contribution in [2.24, 2.45) is 0 Å². The van der Waals surface area contributed by atoms with E-state index in [1.165, 1.54) is 14.0 Å². The van der Waals surface area contributed by atoms with E-state index in [0.29, 0.717) is 35.0 Å². The van der Waals surface area contributed by atoms with Gasteiger partial charge in [0.25, 0.3) is 0 Å². The Morgan fingerprint density at radius 3 is 2.52 bits per heavy atom. The molecule has 0 spiro atoms. The second kappa shape index (κ2) is 8.64. The maximum absolute atomic E-state index is 12.4. The number of hydrogen-bond donors (Lipinski definition) is 2. The van der Waals surface area contributed by atoms with Gasteiger partial charge in [-0.15, -0.1) is 0 Å². The average Bonchev–Trinajstić information content (AvgIpc) is 3.07. The number of carbonyl (C=O) groups excluding carboxylic acids is 3. The third-order valence-corrected chi connectivity index (χ3v) is 4.67. The van der Waals surface area contributed by atoms with Crippen LogP contribution in [0.3, 0.4) is 0 Å². The number of hydrogen-bond acceptors (Lipinski definition) is 5. The van der Waals surface area contributed by atoms with E-state index in [9.17, 15) is 14.4 Å². The van der Waals surface area contributed by atoms with Crippen LogP contribution in [0.5, 0.6) is 11.5 Å². The number of ketones is 1. The number of amides is 3. The van der Waals surface area contributed by atoms with Crippen LogP contribution in [-0.2, 0) is 4.79 Å². The molecule has 0 aromatic heterocycles. The summed E-state index contributed by atoms with van der Waals surface area (Å²) in [4.78, 5) is 37.8. The number of carbonyl (C=O) groups is 3. The van der Waals surface area contributed by atoms with E-state index in [4.69, 9.17) is 9.47 Å². The van der Waals surface area contributed by atoms with Gasteiger partial charge in [-0.2, -0.15) is 0 Å². The molecule has 0 aliphatic carbocycles. The van der Waals surface area contributed by atoms with Gasteiger partial charge in [0.1, 0.15) is 0 Å². The average molecular weight is 397 g/mol. The molecule has 1 aliphatic rings. The van der Waals surface area contributed by atoms with Gasteiger partial charge < -0.3 is 25.0 Å². The summed E-state index contributed by atoms with van der Waals surface area (Å²) in [6, 6.07) is 11.1. The smallest absolute Gasteiger partial charge is 0.319 e. The van der Waals surface area contributed by atoms with Crippen molar-refractivity contribution >= 4 is 29.1 Å². The first-order valence-corrected chi connectivity index (χ1v) is 9.12. The largest absolute Gasteiger partial charge is 0.493 e. The fourth-order valence-corrected chi connectivity index (χ4v) is 3.22. The van der Waals surface area contributed by atoms with Crippen molar-refractivity contribution in [2.75, 3.05) is 31.0 Å². The summed E-state index contributed by atoms with van der Waals surface area (Å²) in [5.74, 6) is 0.921. The maximum atomic E-state index is 12.4. The molecular formula is C21H23N3O5. The standard InChI is InChI=1S/C21H23N3O5/c1-13(25)14-5-4-6-15(9-14)22-21(27)23-16-10-20(26)24(12-16)17-7-8-18(28-2)19(11-17)29-3/h4-9,11,16H,10,12H2,1-3H3,(H2,22,23,27)/t16-/m0/s1. The maximum Gasteiger partial charge on any atom is 0.319 e. The van der Waals surface area contributed by atoms with Crippen LogP contribution in [0.1, 0.15) is 23.7 Å². The van der Waals surface area contributed by atoms with Crippen molar-refractivity contribution in [1.82, 2.24) is 5.32 Å². The molecule has 1 heterocycles. The summed E-state index contributed by atoms with van der Waals surface area (Å²) < 4.78 is 10.5. The first kappa shape index (κ1) is 20.2. The van der Waals surface area contributed by atoms with Crippen molar-refractivity contribution in [3.05, 3.63) is 48.0 Å². The van der Waals surface area contributed by atoms with Gasteiger partial charge in [-0.1, -0.05) is 12.1 Å². The van der Waals surface area contributed by atoms with Gasteiger partial charge in [-0.3, -0.25) is 9.59 Å². The van der Waals surface area contributed by atoms with Crippen LogP contribution >= 0.6 is 0 Å². The number of rotatable bonds is 6. The zero-order valence-electron chi connectivity index (χ0n) is 16.5. The first-order chi connectivity index (χ1) is 13.9. The predicted molar refractivity (Wildman–Crippen MR) is 109 cm³/mol. The Hall–Kier alpha value is -3.55. The molecule has 29 heavy (non-hydrogen) atoms. The molecule has 2 N–H and O–H groups in total. The third kappa shape index (κ3) is 4.66. The SMILES string of the molecule is COc1ccc(N2C[C@@H](NC(=O)Nc3cccc(C(C)=O)c3)CC2=O)cc1OC. The minimum atomic E-state index is -0.433. The molecule has 0 bridgehead atoms. The zero-order valence-corrected chi connectivity index (χ0v) is 16.5. The number of ether oxygens (including phenoxy) is 2. The highest BCUT2D eigenvalue weighted by Gasteiger charge is 2.32. The Labute approximate surface area is 168 Å². The first-order valence-electron chi connectivity index (χ1n) is 9.12. The lowest BCUT2D eigenvalue weighted by Gasteiger charge is -2.19. The number of nitrogens with zero attached hydrogens (tertiary/aromatic N) is 1. The fraction of sp³-hybridized carbons (Fsp3) is 0.286. The third-order valence-electron chi connectivity index (χ3n) is 4.67. The van der Waals surface area contributed by atoms with Crippen molar-refractivity contribution in [2.45, 2.75) is 19.4 Å². The summed E-state index contributed by atoms with van der Waals surface area (Å²) in [5, 5.41) is 5.50. The molecule has 8 nitrogen and oxygen atoms in total. The van der Waals surface area contributed by atoms with Crippen LogP contribution in [0.25, 0.3) is 0 Å². The molecule has 1 saturated heterocycles. The summed E-state index contributed by atoms with van der Waals surface area (Å²) in [5.41, 5.74) is 1.70. The fourth-order valence-electron chi connectivity index (χ4n) is 3.22. The molecule has 0 radical (unpaired) electrons. The summed E-state index contributed by atoms with van der Waals surface area (Å²) in [6.07, 6.45) is 0.190. The number of Topliss-reactive ketones (excluding diaryl/α,β-unsaturated/α-hetero) is 1. The van der Waals surface area contributed by atoms with Crippen LogP contribution < -0.4 is 25.0 Å². The number of nitrogens with one attached hydrogen (secondary N) is 2. The van der Waals surface area contributed by atoms with E-state index in [0.717, 1.165) is 0 Å². The summed E-state index contributed by atoms with van der Waals surface area (Å²) >= 11 is 0. The van der Waals surface area contributed by atoms with Crippen LogP contribution in [0.15, 0.2) is 42.5 Å². The van der Waals surface area contributed by atoms with Crippen LogP contribution in [0.4, 0.5) is 16.2 Å². The molecule has 2 aromatic rings. The van der Waals surface area contributed by atoms with Gasteiger partial charge in [0.15, 0.2) is 17.3 Å². The van der Waals surface area contributed by atoms with Crippen molar-refractivity contribution in [3.8, 4) is 11.5 Å². The zero-order chi connectivity index (χ0) is 21.0. The molecular weight excluding hydrogens is 374 g/mol. The molecule has 8 heteroatoms. The van der Waals surface area contributed by atoms with E-state index in [1.807, 2.05) is 0 Å². The van der Waals surface area contributed by atoms with Crippen LogP contribution in [0.2, 0.25) is 0 Å². The Bertz CT molecular complexity index is 944. The van der Waals surface area contributed by atoms with Crippen molar-refractivity contribution < 1.29 is 23.9 Å². The monoisotopic (exact) mass is 397 g/mol. The van der Waals surface area contributed by atoms with Gasteiger partial charge in [-0.25, -0.2) is 4.79 Å². The van der Waals surface area contributed by atoms with Crippen molar-refractivity contribution in [1.29, 1.82) is 0 Å². The second-order valence-corrected chi connectivity index (χ2v) is 6.68. The lowest BCUT2D eigenvalue weighted by molar-refractivity contribution is -0.117. The molecule has 1 fully saturated rings. The minimum absolute atomic E-state index is 0.0824. The van der Waals surface area contributed by atoms with E-state index >= 15 is 0 Å². The Kier molecular flexibility index (Phi) is 6.01. The quantitative estimate of drug-likeness (QED) is 0.731. The Balaban J connectivity index is 1.64. The summed E-state index contributed by atoms with van der Waals surface area (Å²) in [7, 11) is 3.08. The molecule has 1 atom stereocenters. The van der Waals surface area contributed by atoms with Gasteiger partial charge in [-0.05, 0) is 31.2 Å². The molecule has 2 aromatic carbocycles. The number of anilines is 2. The molecule has 0 unspecified atom stereocenters. The van der Waals surface area contributed by atoms with Crippen molar-refractivity contribution in [3.63, 3.8) is 0 Å². The van der Waals surface area contributed by atoms with Gasteiger partial charge >= 0.3 is 6.03 Å². The number of methoxy groups -OCH3 is 2. The van der Waals surface area contributed by atoms with Gasteiger partial charge in [0, 0.05) is 36.0 Å². The van der Waals surface area contributed by atoms with Gasteiger partial charge in [0.05, 0.1) is 20.3 Å². The highest BCUT2D eigenvalue weighted by atomic mass is 16.5. The topological polar surface area (TPSA) is 97.0 Å². The lowest BCUT2D eigenvalue weighted by atomic mass is 10.1. The van der Waals surface area contributed by atoms with Gasteiger partial charge in [0.2, 0.25) is 5.91 Å². The molecule has 1 aliphatic heterocycles. The normalized spacial score (nSPS) is 15.8. The van der Waals surface area contributed by atoms with Crippen LogP contribution in [0, 0.1) is 0 Å². The Morgan fingerprint density at radius 2 is 1.83 bits per heavy atom. The number of urea groups is 1. The van der Waals surface area contributed by atoms with E-state index in [2.05, 4.69) is 10.6 Å². The Morgan fingerprint density at radius 1 is 1.07 bits per heavy atom. The van der Waals surface area contributed by atoms with E-state index in [-0.39, 0.29) is 24.2 Å². The lowest BCUT2D eigenvalue weighted by Crippen LogP contribution is -2.39. The number of benzene rings is 2. The molecule has 0 saturated carbocycles. The minimum Gasteiger partial charge on any atom is -0.493 e. The highest BCUT2D eigenvalue weighted by Crippen LogP contribution is 2.33. The highest BCUT2D eigenvalue weighted by molar-refractivity contribution is 5.99. The molecule has 3 rings (SSSR count). The molecule has 152 valence electrons. The van der Waals surface area contributed by atoms with E-state index < -0.39 is 6.03 Å². The molecule has 3 amide bonds.